The topological polar surface area (TPSA) is 67.5 Å². The van der Waals surface area contributed by atoms with Crippen LogP contribution in [0.4, 0.5) is 0 Å². The van der Waals surface area contributed by atoms with Crippen LogP contribution in [-0.4, -0.2) is 27.3 Å². The summed E-state index contributed by atoms with van der Waals surface area (Å²) in [7, 11) is 1.71. The van der Waals surface area contributed by atoms with Gasteiger partial charge in [-0.2, -0.15) is 0 Å². The van der Waals surface area contributed by atoms with E-state index in [1.54, 1.807) is 17.8 Å². The molecule has 0 aliphatic heterocycles. The lowest BCUT2D eigenvalue weighted by Crippen LogP contribution is -2.13. The SMILES string of the molecule is C=NC(C(=O)O)c1nccn1C. The van der Waals surface area contributed by atoms with Crippen LogP contribution in [0.2, 0.25) is 0 Å². The first-order chi connectivity index (χ1) is 5.66. The molecule has 12 heavy (non-hydrogen) atoms. The van der Waals surface area contributed by atoms with Gasteiger partial charge in [-0.05, 0) is 6.72 Å². The fraction of sp³-hybridized carbons (Fsp3) is 0.286. The number of nitrogens with zero attached hydrogens (tertiary/aromatic N) is 3. The first-order valence-electron chi connectivity index (χ1n) is 3.32. The van der Waals surface area contributed by atoms with Gasteiger partial charge in [0.1, 0.15) is 5.82 Å². The number of carboxylic acid groups (broad SMARTS) is 1. The van der Waals surface area contributed by atoms with E-state index in [4.69, 9.17) is 5.11 Å². The fourth-order valence-corrected chi connectivity index (χ4v) is 0.911. The summed E-state index contributed by atoms with van der Waals surface area (Å²) in [6.45, 7) is 3.20. The van der Waals surface area contributed by atoms with Crippen LogP contribution in [0.15, 0.2) is 17.4 Å². The third-order valence-corrected chi connectivity index (χ3v) is 1.52. The molecule has 5 heteroatoms. The molecule has 0 amide bonds. The second kappa shape index (κ2) is 3.17. The molecule has 0 aliphatic carbocycles. The minimum absolute atomic E-state index is 0.387. The molecule has 0 aromatic carbocycles. The number of carbonyl (C=O) groups is 1. The van der Waals surface area contributed by atoms with Crippen molar-refractivity contribution >= 4 is 12.7 Å². The highest BCUT2D eigenvalue weighted by atomic mass is 16.4. The van der Waals surface area contributed by atoms with Crippen LogP contribution in [0.1, 0.15) is 11.9 Å². The van der Waals surface area contributed by atoms with Crippen molar-refractivity contribution in [2.24, 2.45) is 12.0 Å². The van der Waals surface area contributed by atoms with Gasteiger partial charge in [-0.3, -0.25) is 4.99 Å². The van der Waals surface area contributed by atoms with Gasteiger partial charge < -0.3 is 9.67 Å². The molecule has 1 aromatic rings. The number of imidazole rings is 1. The smallest absolute Gasteiger partial charge is 0.336 e. The summed E-state index contributed by atoms with van der Waals surface area (Å²) < 4.78 is 1.60. The van der Waals surface area contributed by atoms with Gasteiger partial charge in [0.15, 0.2) is 0 Å². The van der Waals surface area contributed by atoms with Crippen molar-refractivity contribution in [1.82, 2.24) is 9.55 Å². The quantitative estimate of drug-likeness (QED) is 0.656. The normalized spacial score (nSPS) is 12.4. The second-order valence-electron chi connectivity index (χ2n) is 2.32. The Morgan fingerprint density at radius 2 is 2.58 bits per heavy atom. The average Bonchev–Trinajstić information content (AvgIpc) is 2.38. The number of aliphatic carboxylic acids is 1. The van der Waals surface area contributed by atoms with Crippen molar-refractivity contribution in [3.63, 3.8) is 0 Å². The monoisotopic (exact) mass is 167 g/mol. The number of aliphatic imine (C=N–C) groups is 1. The number of carboxylic acids is 1. The zero-order valence-corrected chi connectivity index (χ0v) is 6.64. The Balaban J connectivity index is 3.02. The Hall–Kier alpha value is -1.65. The van der Waals surface area contributed by atoms with Gasteiger partial charge in [-0.15, -0.1) is 0 Å². The summed E-state index contributed by atoms with van der Waals surface area (Å²) in [6, 6.07) is -0.968. The lowest BCUT2D eigenvalue weighted by molar-refractivity contribution is -0.138. The van der Waals surface area contributed by atoms with Crippen LogP contribution in [0.5, 0.6) is 0 Å². The predicted molar refractivity (Wildman–Crippen MR) is 43.1 cm³/mol. The molecule has 5 nitrogen and oxygen atoms in total. The molecule has 1 rings (SSSR count). The Morgan fingerprint density at radius 3 is 2.92 bits per heavy atom. The second-order valence-corrected chi connectivity index (χ2v) is 2.32. The van der Waals surface area contributed by atoms with Crippen molar-refractivity contribution in [1.29, 1.82) is 0 Å². The van der Waals surface area contributed by atoms with Crippen molar-refractivity contribution in [3.8, 4) is 0 Å². The predicted octanol–water partition coefficient (Wildman–Crippen LogP) is 0.246. The van der Waals surface area contributed by atoms with Crippen LogP contribution >= 0.6 is 0 Å². The molecule has 1 atom stereocenters. The summed E-state index contributed by atoms with van der Waals surface area (Å²) in [4.78, 5) is 17.9. The third kappa shape index (κ3) is 1.34. The Bertz CT molecular complexity index is 305. The third-order valence-electron chi connectivity index (χ3n) is 1.52. The van der Waals surface area contributed by atoms with Crippen LogP contribution in [-0.2, 0) is 11.8 Å². The minimum Gasteiger partial charge on any atom is -0.479 e. The van der Waals surface area contributed by atoms with E-state index in [2.05, 4.69) is 16.7 Å². The molecule has 0 saturated carbocycles. The summed E-state index contributed by atoms with van der Waals surface area (Å²) in [6.07, 6.45) is 3.19. The van der Waals surface area contributed by atoms with E-state index in [-0.39, 0.29) is 0 Å². The van der Waals surface area contributed by atoms with Crippen LogP contribution in [0.3, 0.4) is 0 Å². The van der Waals surface area contributed by atoms with Crippen LogP contribution < -0.4 is 0 Å². The average molecular weight is 167 g/mol. The summed E-state index contributed by atoms with van der Waals surface area (Å²) in [5, 5.41) is 8.68. The lowest BCUT2D eigenvalue weighted by atomic mass is 10.3. The number of aryl methyl sites for hydroxylation is 1. The summed E-state index contributed by atoms with van der Waals surface area (Å²) in [5.74, 6) is -0.656. The highest BCUT2D eigenvalue weighted by Gasteiger charge is 2.20. The molecule has 0 aliphatic rings. The van der Waals surface area contributed by atoms with Crippen LogP contribution in [0.25, 0.3) is 0 Å². The highest BCUT2D eigenvalue weighted by Crippen LogP contribution is 2.13. The minimum atomic E-state index is -1.04. The van der Waals surface area contributed by atoms with Crippen LogP contribution in [0, 0.1) is 0 Å². The summed E-state index contributed by atoms with van der Waals surface area (Å²) >= 11 is 0. The van der Waals surface area contributed by atoms with Gasteiger partial charge in [0.25, 0.3) is 0 Å². The molecule has 64 valence electrons. The molecule has 0 fully saturated rings. The van der Waals surface area contributed by atoms with E-state index in [0.29, 0.717) is 5.82 Å². The molecular weight excluding hydrogens is 158 g/mol. The molecule has 0 bridgehead atoms. The molecule has 1 heterocycles. The fourth-order valence-electron chi connectivity index (χ4n) is 0.911. The van der Waals surface area contributed by atoms with E-state index in [9.17, 15) is 4.79 Å². The molecular formula is C7H9N3O2. The zero-order chi connectivity index (χ0) is 9.14. The Labute approximate surface area is 69.4 Å². The molecule has 1 unspecified atom stereocenters. The van der Waals surface area contributed by atoms with E-state index in [1.165, 1.54) is 6.20 Å². The van der Waals surface area contributed by atoms with E-state index < -0.39 is 12.0 Å². The van der Waals surface area contributed by atoms with Gasteiger partial charge in [0, 0.05) is 19.4 Å². The van der Waals surface area contributed by atoms with Gasteiger partial charge in [0.05, 0.1) is 0 Å². The van der Waals surface area contributed by atoms with Crippen molar-refractivity contribution in [2.75, 3.05) is 0 Å². The van der Waals surface area contributed by atoms with E-state index in [0.717, 1.165) is 0 Å². The van der Waals surface area contributed by atoms with Gasteiger partial charge in [0.2, 0.25) is 6.04 Å². The Morgan fingerprint density at radius 1 is 1.92 bits per heavy atom. The standard InChI is InChI=1S/C7H9N3O2/c1-8-5(7(11)12)6-9-3-4-10(6)2/h3-5H,1H2,2H3,(H,11,12). The zero-order valence-electron chi connectivity index (χ0n) is 6.64. The highest BCUT2D eigenvalue weighted by molar-refractivity contribution is 5.75. The maximum absolute atomic E-state index is 10.6. The molecule has 1 aromatic heterocycles. The number of hydrogen-bond donors (Lipinski definition) is 1. The van der Waals surface area contributed by atoms with E-state index in [1.807, 2.05) is 0 Å². The van der Waals surface area contributed by atoms with Crippen molar-refractivity contribution in [3.05, 3.63) is 18.2 Å². The molecule has 1 N–H and O–H groups in total. The maximum Gasteiger partial charge on any atom is 0.336 e. The maximum atomic E-state index is 10.6. The summed E-state index contributed by atoms with van der Waals surface area (Å²) in [5.41, 5.74) is 0. The van der Waals surface area contributed by atoms with E-state index >= 15 is 0 Å². The van der Waals surface area contributed by atoms with Gasteiger partial charge >= 0.3 is 5.97 Å². The number of aromatic nitrogens is 2. The number of rotatable bonds is 3. The van der Waals surface area contributed by atoms with Crippen molar-refractivity contribution in [2.45, 2.75) is 6.04 Å². The Kier molecular flexibility index (Phi) is 2.23. The van der Waals surface area contributed by atoms with Gasteiger partial charge in [-0.1, -0.05) is 0 Å². The van der Waals surface area contributed by atoms with Crippen molar-refractivity contribution < 1.29 is 9.90 Å². The first kappa shape index (κ1) is 8.45. The largest absolute Gasteiger partial charge is 0.479 e. The molecule has 0 radical (unpaired) electrons. The number of hydrogen-bond acceptors (Lipinski definition) is 3. The molecule has 0 spiro atoms. The first-order valence-corrected chi connectivity index (χ1v) is 3.32. The van der Waals surface area contributed by atoms with Gasteiger partial charge in [-0.25, -0.2) is 9.78 Å². The molecule has 0 saturated heterocycles. The lowest BCUT2D eigenvalue weighted by Gasteiger charge is -2.05.